The molecule has 1 amide bonds. The Morgan fingerprint density at radius 3 is 2.43 bits per heavy atom. The van der Waals surface area contributed by atoms with Crippen LogP contribution in [0.3, 0.4) is 0 Å². The second kappa shape index (κ2) is 10.9. The first-order chi connectivity index (χ1) is 17.0. The highest BCUT2D eigenvalue weighted by Crippen LogP contribution is 2.16. The van der Waals surface area contributed by atoms with Gasteiger partial charge in [-0.15, -0.1) is 0 Å². The second-order valence-electron chi connectivity index (χ2n) is 7.59. The van der Waals surface area contributed by atoms with Gasteiger partial charge in [-0.2, -0.15) is 9.61 Å². The molecule has 0 saturated carbocycles. The summed E-state index contributed by atoms with van der Waals surface area (Å²) in [5, 5.41) is 7.88. The molecule has 0 aliphatic carbocycles. The second-order valence-corrected chi connectivity index (χ2v) is 8.63. The molecule has 4 rings (SSSR count). The smallest absolute Gasteiger partial charge is 0.338 e. The molecule has 2 aromatic heterocycles. The third kappa shape index (κ3) is 5.90. The number of amides is 1. The van der Waals surface area contributed by atoms with Crippen molar-refractivity contribution in [2.75, 3.05) is 11.9 Å². The van der Waals surface area contributed by atoms with Crippen LogP contribution in [0.4, 0.5) is 5.69 Å². The van der Waals surface area contributed by atoms with Crippen LogP contribution in [0.15, 0.2) is 59.4 Å². The largest absolute Gasteiger partial charge is 0.494 e. The lowest BCUT2D eigenvalue weighted by Crippen LogP contribution is -2.16. The quantitative estimate of drug-likeness (QED) is 0.350. The van der Waals surface area contributed by atoms with E-state index in [0.717, 1.165) is 17.8 Å². The van der Waals surface area contributed by atoms with Crippen LogP contribution in [-0.2, 0) is 17.8 Å². The van der Waals surface area contributed by atoms with Gasteiger partial charge in [0.25, 0.3) is 11.5 Å². The number of nitrogens with zero attached hydrogens (tertiary/aromatic N) is 3. The molecular weight excluding hydrogens is 468 g/mol. The highest BCUT2D eigenvalue weighted by molar-refractivity contribution is 7.16. The van der Waals surface area contributed by atoms with E-state index in [1.807, 2.05) is 13.8 Å². The minimum absolute atomic E-state index is 0.137. The van der Waals surface area contributed by atoms with E-state index in [2.05, 4.69) is 15.4 Å². The predicted octanol–water partition coefficient (Wildman–Crippen LogP) is 4.11. The van der Waals surface area contributed by atoms with Crippen molar-refractivity contribution in [1.82, 2.24) is 14.6 Å². The number of carbonyl (C=O) groups is 2. The van der Waals surface area contributed by atoms with Gasteiger partial charge in [0.1, 0.15) is 17.4 Å². The molecule has 0 aliphatic rings. The lowest BCUT2D eigenvalue weighted by Gasteiger charge is -2.08. The van der Waals surface area contributed by atoms with Crippen LogP contribution in [-0.4, -0.2) is 33.1 Å². The summed E-state index contributed by atoms with van der Waals surface area (Å²) in [4.78, 5) is 42.0. The van der Waals surface area contributed by atoms with Crippen molar-refractivity contribution in [2.45, 2.75) is 33.3 Å². The first kappa shape index (κ1) is 24.1. The molecule has 2 heterocycles. The lowest BCUT2D eigenvalue weighted by molar-refractivity contribution is 0.0467. The van der Waals surface area contributed by atoms with Gasteiger partial charge in [-0.3, -0.25) is 9.59 Å². The summed E-state index contributed by atoms with van der Waals surface area (Å²) in [5.74, 6) is -0.144. The van der Waals surface area contributed by atoms with Crippen LogP contribution >= 0.6 is 11.3 Å². The summed E-state index contributed by atoms with van der Waals surface area (Å²) in [6.45, 7) is 4.34. The number of carbonyl (C=O) groups excluding carboxylic acids is 2. The molecule has 0 saturated heterocycles. The van der Waals surface area contributed by atoms with Crippen molar-refractivity contribution >= 4 is 33.9 Å². The minimum atomic E-state index is -0.563. The Morgan fingerprint density at radius 1 is 1.03 bits per heavy atom. The molecule has 0 bridgehead atoms. The van der Waals surface area contributed by atoms with Gasteiger partial charge in [-0.25, -0.2) is 9.78 Å². The number of aryl methyl sites for hydroxylation is 1. The number of nitrogens with one attached hydrogen (secondary N) is 1. The number of hydrogen-bond acceptors (Lipinski definition) is 8. The molecule has 35 heavy (non-hydrogen) atoms. The standard InChI is InChI=1S/C25H24N4O5S/c1-3-5-21-28-29-22(30)14-19(27-25(29)35-21)15-34-24(32)17-6-10-18(11-7-17)26-23(31)16-8-12-20(13-9-16)33-4-2/h6-14H,3-5,15H2,1-2H3,(H,26,31). The Kier molecular flexibility index (Phi) is 7.51. The first-order valence-corrected chi connectivity index (χ1v) is 12.0. The van der Waals surface area contributed by atoms with Gasteiger partial charge in [0.15, 0.2) is 0 Å². The highest BCUT2D eigenvalue weighted by atomic mass is 32.1. The van der Waals surface area contributed by atoms with Crippen molar-refractivity contribution in [3.63, 3.8) is 0 Å². The molecule has 9 nitrogen and oxygen atoms in total. The fraction of sp³-hybridized carbons (Fsp3) is 0.240. The van der Waals surface area contributed by atoms with Crippen LogP contribution in [0.5, 0.6) is 5.75 Å². The molecule has 1 N–H and O–H groups in total. The van der Waals surface area contributed by atoms with Crippen LogP contribution in [0.2, 0.25) is 0 Å². The van der Waals surface area contributed by atoms with E-state index in [4.69, 9.17) is 9.47 Å². The SMILES string of the molecule is CCCc1nn2c(=O)cc(COC(=O)c3ccc(NC(=O)c4ccc(OCC)cc4)cc3)nc2s1. The number of fused-ring (bicyclic) bond motifs is 1. The van der Waals surface area contributed by atoms with Crippen molar-refractivity contribution in [1.29, 1.82) is 0 Å². The van der Waals surface area contributed by atoms with E-state index < -0.39 is 5.97 Å². The predicted molar refractivity (Wildman–Crippen MR) is 132 cm³/mol. The maximum absolute atomic E-state index is 12.5. The van der Waals surface area contributed by atoms with Gasteiger partial charge in [-0.05, 0) is 61.9 Å². The van der Waals surface area contributed by atoms with E-state index in [1.165, 1.54) is 21.9 Å². The van der Waals surface area contributed by atoms with Crippen LogP contribution in [0.1, 0.15) is 51.7 Å². The summed E-state index contributed by atoms with van der Waals surface area (Å²) in [7, 11) is 0. The number of ether oxygens (including phenoxy) is 2. The minimum Gasteiger partial charge on any atom is -0.494 e. The van der Waals surface area contributed by atoms with Crippen LogP contribution < -0.4 is 15.6 Å². The van der Waals surface area contributed by atoms with Crippen molar-refractivity contribution < 1.29 is 19.1 Å². The topological polar surface area (TPSA) is 112 Å². The Labute approximate surface area is 205 Å². The van der Waals surface area contributed by atoms with Crippen LogP contribution in [0, 0.1) is 0 Å². The molecule has 0 aliphatic heterocycles. The number of anilines is 1. The molecular formula is C25H24N4O5S. The molecule has 10 heteroatoms. The zero-order valence-corrected chi connectivity index (χ0v) is 20.1. The van der Waals surface area contributed by atoms with Gasteiger partial charge in [0.05, 0.1) is 17.9 Å². The fourth-order valence-corrected chi connectivity index (χ4v) is 4.29. The van der Waals surface area contributed by atoms with Crippen molar-refractivity contribution in [3.8, 4) is 5.75 Å². The van der Waals surface area contributed by atoms with E-state index in [0.29, 0.717) is 39.8 Å². The average Bonchev–Trinajstić information content (AvgIpc) is 3.27. The molecule has 0 atom stereocenters. The normalized spacial score (nSPS) is 10.8. The van der Waals surface area contributed by atoms with Gasteiger partial charge < -0.3 is 14.8 Å². The fourth-order valence-electron chi connectivity index (χ4n) is 3.27. The number of esters is 1. The number of rotatable bonds is 9. The third-order valence-corrected chi connectivity index (χ3v) is 5.93. The first-order valence-electron chi connectivity index (χ1n) is 11.2. The van der Waals surface area contributed by atoms with Gasteiger partial charge >= 0.3 is 5.97 Å². The molecule has 2 aromatic carbocycles. The maximum Gasteiger partial charge on any atom is 0.338 e. The Hall–Kier alpha value is -4.05. The summed E-state index contributed by atoms with van der Waals surface area (Å²) in [6, 6.07) is 14.5. The molecule has 180 valence electrons. The maximum atomic E-state index is 12.5. The number of aromatic nitrogens is 3. The van der Waals surface area contributed by atoms with E-state index in [9.17, 15) is 14.4 Å². The summed E-state index contributed by atoms with van der Waals surface area (Å²) < 4.78 is 12.0. The van der Waals surface area contributed by atoms with Gasteiger partial charge in [0.2, 0.25) is 4.96 Å². The van der Waals surface area contributed by atoms with Gasteiger partial charge in [0, 0.05) is 23.7 Å². The zero-order chi connectivity index (χ0) is 24.8. The molecule has 4 aromatic rings. The summed E-state index contributed by atoms with van der Waals surface area (Å²) in [6.07, 6.45) is 1.69. The van der Waals surface area contributed by atoms with E-state index >= 15 is 0 Å². The Balaban J connectivity index is 1.35. The number of hydrogen-bond donors (Lipinski definition) is 1. The van der Waals surface area contributed by atoms with E-state index in [1.54, 1.807) is 48.5 Å². The Morgan fingerprint density at radius 2 is 1.74 bits per heavy atom. The number of benzene rings is 2. The monoisotopic (exact) mass is 492 g/mol. The Bertz CT molecular complexity index is 1390. The van der Waals surface area contributed by atoms with E-state index in [-0.39, 0.29) is 18.1 Å². The zero-order valence-electron chi connectivity index (χ0n) is 19.3. The molecule has 0 spiro atoms. The van der Waals surface area contributed by atoms with Crippen molar-refractivity contribution in [2.24, 2.45) is 0 Å². The average molecular weight is 493 g/mol. The van der Waals surface area contributed by atoms with Crippen molar-refractivity contribution in [3.05, 3.63) is 86.8 Å². The van der Waals surface area contributed by atoms with Crippen LogP contribution in [0.25, 0.3) is 4.96 Å². The molecule has 0 fully saturated rings. The summed E-state index contributed by atoms with van der Waals surface area (Å²) in [5.41, 5.74) is 1.38. The molecule has 0 radical (unpaired) electrons. The third-order valence-electron chi connectivity index (χ3n) is 4.96. The lowest BCUT2D eigenvalue weighted by atomic mass is 10.1. The molecule has 0 unspecified atom stereocenters. The highest BCUT2D eigenvalue weighted by Gasteiger charge is 2.13. The van der Waals surface area contributed by atoms with Gasteiger partial charge in [-0.1, -0.05) is 18.3 Å². The summed E-state index contributed by atoms with van der Waals surface area (Å²) >= 11 is 1.35.